The first kappa shape index (κ1) is 14.1. The Morgan fingerprint density at radius 3 is 2.74 bits per heavy atom. The summed E-state index contributed by atoms with van der Waals surface area (Å²) in [5, 5.41) is 4.61. The molecule has 0 aromatic carbocycles. The zero-order valence-electron chi connectivity index (χ0n) is 10.8. The molecule has 2 aromatic heterocycles. The van der Waals surface area contributed by atoms with Gasteiger partial charge in [0.05, 0.1) is 12.3 Å². The van der Waals surface area contributed by atoms with Crippen LogP contribution >= 0.6 is 23.2 Å². The molecule has 0 saturated carbocycles. The van der Waals surface area contributed by atoms with E-state index in [9.17, 15) is 4.79 Å². The van der Waals surface area contributed by atoms with Crippen molar-refractivity contribution >= 4 is 34.8 Å². The number of rotatable bonds is 3. The molecule has 102 valence electrons. The number of carbonyl (C=O) groups excluding carboxylic acids is 1. The molecule has 0 spiro atoms. The van der Waals surface area contributed by atoms with Gasteiger partial charge in [0.15, 0.2) is 10.8 Å². The predicted octanol–water partition coefficient (Wildman–Crippen LogP) is 2.88. The molecule has 0 amide bonds. The topological polar surface area (TPSA) is 56.5 Å². The third-order valence-corrected chi connectivity index (χ3v) is 3.31. The Labute approximate surface area is 120 Å². The second-order valence-electron chi connectivity index (χ2n) is 4.52. The lowest BCUT2D eigenvalue weighted by molar-refractivity contribution is -0.148. The summed E-state index contributed by atoms with van der Waals surface area (Å²) in [7, 11) is 0. The smallest absolute Gasteiger partial charge is 0.317 e. The minimum Gasteiger partial charge on any atom is -0.465 e. The number of halogens is 2. The second-order valence-corrected chi connectivity index (χ2v) is 5.27. The van der Waals surface area contributed by atoms with Gasteiger partial charge in [-0.1, -0.05) is 23.2 Å². The molecule has 0 atom stereocenters. The molecular formula is C12H13Cl2N3O2. The van der Waals surface area contributed by atoms with E-state index in [1.165, 1.54) is 4.52 Å². The number of fused-ring (bicyclic) bond motifs is 1. The normalized spacial score (nSPS) is 11.8. The number of nitrogens with zero attached hydrogens (tertiary/aromatic N) is 3. The maximum Gasteiger partial charge on any atom is 0.317 e. The third-order valence-electron chi connectivity index (χ3n) is 2.77. The van der Waals surface area contributed by atoms with Crippen LogP contribution in [-0.2, 0) is 14.9 Å². The van der Waals surface area contributed by atoms with Gasteiger partial charge in [-0.05, 0) is 32.9 Å². The average Bonchev–Trinajstić information content (AvgIpc) is 2.68. The summed E-state index contributed by atoms with van der Waals surface area (Å²) in [5.41, 5.74) is -0.00283. The van der Waals surface area contributed by atoms with Crippen LogP contribution < -0.4 is 0 Å². The highest BCUT2D eigenvalue weighted by molar-refractivity contribution is 6.31. The molecular weight excluding hydrogens is 289 g/mol. The summed E-state index contributed by atoms with van der Waals surface area (Å²) >= 11 is 12.0. The van der Waals surface area contributed by atoms with Gasteiger partial charge in [-0.25, -0.2) is 9.50 Å². The molecule has 0 unspecified atom stereocenters. The third kappa shape index (κ3) is 2.40. The zero-order valence-corrected chi connectivity index (χ0v) is 12.3. The Bertz CT molecular complexity index is 637. The molecule has 0 aliphatic carbocycles. The van der Waals surface area contributed by atoms with E-state index in [1.807, 2.05) is 0 Å². The highest BCUT2D eigenvalue weighted by Gasteiger charge is 2.37. The summed E-state index contributed by atoms with van der Waals surface area (Å²) in [6, 6.07) is 3.30. The van der Waals surface area contributed by atoms with E-state index in [0.717, 1.165) is 0 Å². The number of carbonyl (C=O) groups is 1. The molecule has 7 heteroatoms. The van der Waals surface area contributed by atoms with Crippen LogP contribution in [0.15, 0.2) is 12.1 Å². The average molecular weight is 302 g/mol. The van der Waals surface area contributed by atoms with E-state index in [-0.39, 0.29) is 11.1 Å². The Balaban J connectivity index is 2.56. The Hall–Kier alpha value is -1.33. The fourth-order valence-corrected chi connectivity index (χ4v) is 2.23. The molecule has 5 nitrogen and oxygen atoms in total. The van der Waals surface area contributed by atoms with Crippen molar-refractivity contribution in [2.75, 3.05) is 6.61 Å². The molecule has 0 N–H and O–H groups in total. The first-order valence-corrected chi connectivity index (χ1v) is 6.52. The van der Waals surface area contributed by atoms with Crippen molar-refractivity contribution in [3.05, 3.63) is 28.1 Å². The first-order chi connectivity index (χ1) is 8.87. The molecule has 2 heterocycles. The van der Waals surface area contributed by atoms with Crippen LogP contribution in [0.3, 0.4) is 0 Å². The predicted molar refractivity (Wildman–Crippen MR) is 72.7 cm³/mol. The largest absolute Gasteiger partial charge is 0.465 e. The standard InChI is InChI=1S/C12H13Cl2N3O2/c1-4-19-11(18)12(2,3)9-10(14)17-8(15-9)6-5-7(13)16-17/h5-6H,4H2,1-3H3. The van der Waals surface area contributed by atoms with Crippen LogP contribution in [-0.4, -0.2) is 27.2 Å². The zero-order chi connectivity index (χ0) is 14.2. The van der Waals surface area contributed by atoms with Crippen molar-refractivity contribution in [3.63, 3.8) is 0 Å². The van der Waals surface area contributed by atoms with E-state index in [4.69, 9.17) is 27.9 Å². The second kappa shape index (κ2) is 4.98. The van der Waals surface area contributed by atoms with Crippen molar-refractivity contribution < 1.29 is 9.53 Å². The van der Waals surface area contributed by atoms with Crippen LogP contribution in [0.25, 0.3) is 5.65 Å². The lowest BCUT2D eigenvalue weighted by atomic mass is 9.90. The van der Waals surface area contributed by atoms with Gasteiger partial charge < -0.3 is 4.74 Å². The van der Waals surface area contributed by atoms with Gasteiger partial charge in [0.1, 0.15) is 10.6 Å². The SMILES string of the molecule is CCOC(=O)C(C)(C)c1nc2ccc(Cl)nn2c1Cl. The fraction of sp³-hybridized carbons (Fsp3) is 0.417. The van der Waals surface area contributed by atoms with Crippen molar-refractivity contribution in [1.29, 1.82) is 0 Å². The summed E-state index contributed by atoms with van der Waals surface area (Å²) in [6.07, 6.45) is 0. The highest BCUT2D eigenvalue weighted by Crippen LogP contribution is 2.31. The van der Waals surface area contributed by atoms with Crippen LogP contribution in [0.2, 0.25) is 10.3 Å². The number of hydrogen-bond acceptors (Lipinski definition) is 4. The van der Waals surface area contributed by atoms with Gasteiger partial charge in [0.2, 0.25) is 0 Å². The molecule has 0 aliphatic rings. The van der Waals surface area contributed by atoms with E-state index < -0.39 is 5.41 Å². The van der Waals surface area contributed by atoms with Crippen molar-refractivity contribution in [2.45, 2.75) is 26.2 Å². The van der Waals surface area contributed by atoms with E-state index in [1.54, 1.807) is 32.9 Å². The van der Waals surface area contributed by atoms with E-state index >= 15 is 0 Å². The van der Waals surface area contributed by atoms with Crippen LogP contribution in [0.1, 0.15) is 26.5 Å². The van der Waals surface area contributed by atoms with Gasteiger partial charge >= 0.3 is 5.97 Å². The van der Waals surface area contributed by atoms with Crippen molar-refractivity contribution in [2.24, 2.45) is 0 Å². The maximum absolute atomic E-state index is 12.0. The lowest BCUT2D eigenvalue weighted by Crippen LogP contribution is -2.31. The lowest BCUT2D eigenvalue weighted by Gasteiger charge is -2.20. The number of hydrogen-bond donors (Lipinski definition) is 0. The quantitative estimate of drug-likeness (QED) is 0.818. The molecule has 0 bridgehead atoms. The number of ether oxygens (including phenoxy) is 1. The molecule has 0 aliphatic heterocycles. The minimum absolute atomic E-state index is 0.260. The van der Waals surface area contributed by atoms with E-state index in [2.05, 4.69) is 10.1 Å². The Morgan fingerprint density at radius 2 is 2.11 bits per heavy atom. The van der Waals surface area contributed by atoms with Gasteiger partial charge in [-0.15, -0.1) is 0 Å². The first-order valence-electron chi connectivity index (χ1n) is 5.76. The Kier molecular flexibility index (Phi) is 3.69. The molecule has 0 fully saturated rings. The minimum atomic E-state index is -0.951. The van der Waals surface area contributed by atoms with Crippen LogP contribution in [0, 0.1) is 0 Å². The van der Waals surface area contributed by atoms with Crippen molar-refractivity contribution in [1.82, 2.24) is 14.6 Å². The van der Waals surface area contributed by atoms with Crippen LogP contribution in [0.4, 0.5) is 0 Å². The fourth-order valence-electron chi connectivity index (χ4n) is 1.69. The van der Waals surface area contributed by atoms with Crippen LogP contribution in [0.5, 0.6) is 0 Å². The highest BCUT2D eigenvalue weighted by atomic mass is 35.5. The number of aromatic nitrogens is 3. The molecule has 0 saturated heterocycles. The number of esters is 1. The Morgan fingerprint density at radius 1 is 1.42 bits per heavy atom. The summed E-state index contributed by atoms with van der Waals surface area (Å²) < 4.78 is 6.45. The summed E-state index contributed by atoms with van der Waals surface area (Å²) in [5.74, 6) is -0.383. The maximum atomic E-state index is 12.0. The van der Waals surface area contributed by atoms with Gasteiger partial charge in [-0.2, -0.15) is 5.10 Å². The summed E-state index contributed by atoms with van der Waals surface area (Å²) in [6.45, 7) is 5.47. The molecule has 19 heavy (non-hydrogen) atoms. The molecule has 0 radical (unpaired) electrons. The van der Waals surface area contributed by atoms with Crippen molar-refractivity contribution in [3.8, 4) is 0 Å². The van der Waals surface area contributed by atoms with Gasteiger partial charge in [0.25, 0.3) is 0 Å². The van der Waals surface area contributed by atoms with Gasteiger partial charge in [-0.3, -0.25) is 4.79 Å². The monoisotopic (exact) mass is 301 g/mol. The van der Waals surface area contributed by atoms with Gasteiger partial charge in [0, 0.05) is 0 Å². The summed E-state index contributed by atoms with van der Waals surface area (Å²) in [4.78, 5) is 16.3. The van der Waals surface area contributed by atoms with E-state index in [0.29, 0.717) is 23.1 Å². The molecule has 2 aromatic rings. The molecule has 2 rings (SSSR count). The number of imidazole rings is 1.